The Morgan fingerprint density at radius 3 is 1.15 bits per heavy atom. The van der Waals surface area contributed by atoms with Gasteiger partial charge in [-0.05, 0) is 158 Å². The normalized spacial score (nSPS) is 10.6. The van der Waals surface area contributed by atoms with Crippen LogP contribution in [0.1, 0.15) is 181 Å². The van der Waals surface area contributed by atoms with Crippen LogP contribution in [0.5, 0.6) is 34.5 Å². The van der Waals surface area contributed by atoms with Crippen molar-refractivity contribution in [2.75, 3.05) is 13.2 Å². The van der Waals surface area contributed by atoms with Crippen LogP contribution in [0.3, 0.4) is 0 Å². The smallest absolute Gasteiger partial charge is 0.343 e. The number of carbonyl (C=O) groups is 6. The van der Waals surface area contributed by atoms with Gasteiger partial charge in [-0.25, -0.2) is 28.8 Å². The van der Waals surface area contributed by atoms with E-state index in [0.29, 0.717) is 47.0 Å². The van der Waals surface area contributed by atoms with Crippen molar-refractivity contribution >= 4 is 35.8 Å². The predicted octanol–water partition coefficient (Wildman–Crippen LogP) is 14.8. The fourth-order valence-electron chi connectivity index (χ4n) is 8.80. The van der Waals surface area contributed by atoms with E-state index in [4.69, 9.17) is 37.9 Å². The van der Waals surface area contributed by atoms with Crippen LogP contribution >= 0.6 is 0 Å². The highest BCUT2D eigenvalue weighted by Crippen LogP contribution is 2.31. The SMILES string of the molecule is CCCCCCCCOc1ccc(C(=O)Oc2ccc(OC(=O)c3cccc(C(=O)Oc4ccc(OC(=O)c5ccc(OCCCCCCCC)cc5)cc4C(=O)OCc4cccc(C#N)c4)c3C)c(C(=O)OCc3cccc(C#N)c3)c2)cc1. The first-order valence-corrected chi connectivity index (χ1v) is 28.4. The number of carbonyl (C=O) groups excluding carboxylic acids is 6. The summed E-state index contributed by atoms with van der Waals surface area (Å²) in [6, 6.07) is 41.6. The monoisotopic (exact) mass is 1150 g/mol. The molecule has 436 valence electrons. The van der Waals surface area contributed by atoms with E-state index in [1.807, 2.05) is 12.1 Å². The average molecular weight is 1150 g/mol. The summed E-state index contributed by atoms with van der Waals surface area (Å²) in [4.78, 5) is 82.8. The lowest BCUT2D eigenvalue weighted by Crippen LogP contribution is -2.18. The molecule has 0 atom stereocenters. The van der Waals surface area contributed by atoms with Gasteiger partial charge in [0.1, 0.15) is 58.8 Å². The molecule has 0 saturated heterocycles. The molecule has 0 spiro atoms. The second-order valence-corrected chi connectivity index (χ2v) is 19.9. The molecule has 0 amide bonds. The Kier molecular flexibility index (Phi) is 23.9. The van der Waals surface area contributed by atoms with Gasteiger partial charge >= 0.3 is 35.8 Å². The van der Waals surface area contributed by atoms with E-state index in [1.165, 1.54) is 100 Å². The van der Waals surface area contributed by atoms with E-state index in [9.17, 15) is 39.3 Å². The minimum absolute atomic E-state index is 0.0791. The van der Waals surface area contributed by atoms with Gasteiger partial charge in [-0.3, -0.25) is 0 Å². The van der Waals surface area contributed by atoms with Gasteiger partial charge in [-0.1, -0.05) is 108 Å². The van der Waals surface area contributed by atoms with Gasteiger partial charge in [0.25, 0.3) is 0 Å². The van der Waals surface area contributed by atoms with Crippen molar-refractivity contribution in [1.82, 2.24) is 0 Å². The van der Waals surface area contributed by atoms with Crippen LogP contribution in [0.15, 0.2) is 152 Å². The number of nitriles is 2. The van der Waals surface area contributed by atoms with Crippen LogP contribution in [-0.2, 0) is 22.7 Å². The number of unbranched alkanes of at least 4 members (excludes halogenated alkanes) is 10. The molecular formula is C69H66N2O14. The zero-order valence-electron chi connectivity index (χ0n) is 47.9. The zero-order valence-corrected chi connectivity index (χ0v) is 47.9. The summed E-state index contributed by atoms with van der Waals surface area (Å²) in [5.41, 5.74) is 1.35. The fourth-order valence-corrected chi connectivity index (χ4v) is 8.80. The van der Waals surface area contributed by atoms with Crippen molar-refractivity contribution in [2.45, 2.75) is 111 Å². The van der Waals surface area contributed by atoms with Gasteiger partial charge in [0, 0.05) is 0 Å². The van der Waals surface area contributed by atoms with Gasteiger partial charge in [-0.2, -0.15) is 10.5 Å². The molecule has 7 aromatic rings. The molecule has 0 fully saturated rings. The van der Waals surface area contributed by atoms with Crippen molar-refractivity contribution in [3.8, 4) is 46.6 Å². The highest BCUT2D eigenvalue weighted by molar-refractivity contribution is 6.02. The lowest BCUT2D eigenvalue weighted by atomic mass is 10.0. The number of nitrogens with zero attached hydrogens (tertiary/aromatic N) is 2. The molecule has 0 saturated carbocycles. The highest BCUT2D eigenvalue weighted by Gasteiger charge is 2.26. The molecule has 0 bridgehead atoms. The van der Waals surface area contributed by atoms with Gasteiger partial charge in [0.05, 0.1) is 58.7 Å². The summed E-state index contributed by atoms with van der Waals surface area (Å²) >= 11 is 0. The Balaban J connectivity index is 1.07. The summed E-state index contributed by atoms with van der Waals surface area (Å²) in [6.45, 7) is 6.37. The molecule has 0 unspecified atom stereocenters. The predicted molar refractivity (Wildman–Crippen MR) is 315 cm³/mol. The molecule has 16 nitrogen and oxygen atoms in total. The van der Waals surface area contributed by atoms with Gasteiger partial charge in [0.2, 0.25) is 0 Å². The van der Waals surface area contributed by atoms with E-state index >= 15 is 0 Å². The maximum Gasteiger partial charge on any atom is 0.343 e. The van der Waals surface area contributed by atoms with E-state index in [-0.39, 0.29) is 75.2 Å². The minimum Gasteiger partial charge on any atom is -0.494 e. The van der Waals surface area contributed by atoms with E-state index < -0.39 is 35.8 Å². The van der Waals surface area contributed by atoms with Crippen molar-refractivity contribution in [3.63, 3.8) is 0 Å². The molecule has 85 heavy (non-hydrogen) atoms. The molecule has 0 aliphatic carbocycles. The van der Waals surface area contributed by atoms with Crippen LogP contribution in [0.25, 0.3) is 0 Å². The minimum atomic E-state index is -1.00. The van der Waals surface area contributed by atoms with Crippen LogP contribution in [0, 0.1) is 29.6 Å². The Bertz CT molecular complexity index is 3310. The van der Waals surface area contributed by atoms with Crippen molar-refractivity contribution in [3.05, 3.63) is 213 Å². The molecule has 7 rings (SSSR count). The molecule has 0 radical (unpaired) electrons. The Hall–Kier alpha value is -10.1. The topological polar surface area (TPSA) is 224 Å². The molecule has 0 aromatic heterocycles. The maximum absolute atomic E-state index is 14.1. The second-order valence-electron chi connectivity index (χ2n) is 19.9. The van der Waals surface area contributed by atoms with Crippen LogP contribution in [-0.4, -0.2) is 49.0 Å². The third kappa shape index (κ3) is 19.0. The summed E-state index contributed by atoms with van der Waals surface area (Å²) in [7, 11) is 0. The number of esters is 6. The summed E-state index contributed by atoms with van der Waals surface area (Å²) in [6.07, 6.45) is 13.4. The lowest BCUT2D eigenvalue weighted by Gasteiger charge is -2.15. The molecular weight excluding hydrogens is 1080 g/mol. The first-order valence-electron chi connectivity index (χ1n) is 28.4. The van der Waals surface area contributed by atoms with E-state index in [2.05, 4.69) is 13.8 Å². The number of hydrogen-bond donors (Lipinski definition) is 0. The van der Waals surface area contributed by atoms with Crippen molar-refractivity contribution in [2.24, 2.45) is 0 Å². The summed E-state index contributed by atoms with van der Waals surface area (Å²) < 4.78 is 46.0. The van der Waals surface area contributed by atoms with Crippen LogP contribution in [0.2, 0.25) is 0 Å². The molecule has 0 heterocycles. The number of ether oxygens (including phenoxy) is 8. The summed E-state index contributed by atoms with van der Waals surface area (Å²) in [5.74, 6) is -4.96. The number of hydrogen-bond acceptors (Lipinski definition) is 16. The average Bonchev–Trinajstić information content (AvgIpc) is 3.67. The lowest BCUT2D eigenvalue weighted by molar-refractivity contribution is 0.0456. The Morgan fingerprint density at radius 2 is 0.753 bits per heavy atom. The molecule has 0 N–H and O–H groups in total. The van der Waals surface area contributed by atoms with Gasteiger partial charge < -0.3 is 37.9 Å². The fraction of sp³-hybridized carbons (Fsp3) is 0.275. The quantitative estimate of drug-likeness (QED) is 0.0232. The number of rotatable bonds is 30. The standard InChI is InChI=1S/C69H66N2O14/c1-4-6-8-10-12-14-37-78-54-29-25-52(26-30-54)64(72)82-56-33-35-62(60(41-56)66(74)80-45-50-21-16-19-48(39-50)43-70)84-68(76)58-23-18-24-59(47(58)3)69(77)85-63-36-34-57(42-61(63)67(75)81-46-51-22-17-20-49(40-51)44-71)83-65(73)53-27-31-55(32-28-53)79-38-15-13-11-9-7-5-2/h16-36,39-42H,4-15,37-38,45-46H2,1-3H3. The van der Waals surface area contributed by atoms with Crippen LogP contribution < -0.4 is 28.4 Å². The molecule has 16 heteroatoms. The van der Waals surface area contributed by atoms with Crippen molar-refractivity contribution < 1.29 is 66.7 Å². The van der Waals surface area contributed by atoms with Crippen molar-refractivity contribution in [1.29, 1.82) is 10.5 Å². The molecule has 7 aromatic carbocycles. The first-order chi connectivity index (χ1) is 41.3. The zero-order chi connectivity index (χ0) is 60.3. The van der Waals surface area contributed by atoms with Gasteiger partial charge in [-0.15, -0.1) is 0 Å². The maximum atomic E-state index is 14.1. The third-order valence-electron chi connectivity index (χ3n) is 13.5. The molecule has 0 aliphatic rings. The van der Waals surface area contributed by atoms with E-state index in [1.54, 1.807) is 97.1 Å². The summed E-state index contributed by atoms with van der Waals surface area (Å²) in [5, 5.41) is 18.8. The first kappa shape index (κ1) is 62.5. The number of benzene rings is 7. The van der Waals surface area contributed by atoms with E-state index in [0.717, 1.165) is 38.5 Å². The Labute approximate surface area is 494 Å². The highest BCUT2D eigenvalue weighted by atomic mass is 16.6. The largest absolute Gasteiger partial charge is 0.494 e. The Morgan fingerprint density at radius 1 is 0.376 bits per heavy atom. The molecule has 0 aliphatic heterocycles. The second kappa shape index (κ2) is 32.5. The third-order valence-corrected chi connectivity index (χ3v) is 13.5. The van der Waals surface area contributed by atoms with Crippen LogP contribution in [0.4, 0.5) is 0 Å². The van der Waals surface area contributed by atoms with Gasteiger partial charge in [0.15, 0.2) is 0 Å².